The van der Waals surface area contributed by atoms with Crippen molar-refractivity contribution in [2.24, 2.45) is 4.99 Å². The van der Waals surface area contributed by atoms with Crippen LogP contribution in [0.3, 0.4) is 0 Å². The molecule has 0 aliphatic carbocycles. The van der Waals surface area contributed by atoms with Crippen LogP contribution in [0.25, 0.3) is 0 Å². The van der Waals surface area contributed by atoms with Crippen LogP contribution in [0.1, 0.15) is 16.8 Å². The fourth-order valence-electron chi connectivity index (χ4n) is 2.81. The minimum Gasteiger partial charge on any atom is -0.495 e. The van der Waals surface area contributed by atoms with Crippen molar-refractivity contribution in [1.82, 2.24) is 15.0 Å². The van der Waals surface area contributed by atoms with Crippen molar-refractivity contribution in [2.75, 3.05) is 12.4 Å². The van der Waals surface area contributed by atoms with Crippen LogP contribution in [-0.4, -0.2) is 27.8 Å². The van der Waals surface area contributed by atoms with E-state index >= 15 is 0 Å². The van der Waals surface area contributed by atoms with Crippen LogP contribution in [0, 0.1) is 0 Å². The summed E-state index contributed by atoms with van der Waals surface area (Å²) in [5.74, 6) is 0.795. The Kier molecular flexibility index (Phi) is 4.08. The number of fused-ring (bicyclic) bond motifs is 1. The van der Waals surface area contributed by atoms with E-state index in [1.54, 1.807) is 25.8 Å². The molecule has 6 nitrogen and oxygen atoms in total. The third-order valence-electron chi connectivity index (χ3n) is 4.10. The summed E-state index contributed by atoms with van der Waals surface area (Å²) in [5.41, 5.74) is 5.88. The van der Waals surface area contributed by atoms with E-state index in [0.717, 1.165) is 39.7 Å². The standard InChI is InChI=1S/C19H17N5O/c1-25-19-5-4-14(15-8-16-18(24-15)11-21-12-23-16)7-17(19)22-10-13-3-2-6-20-9-13/h2-7,9,11-12,22H,8,10H2,1H3. The second kappa shape index (κ2) is 6.68. The molecule has 0 bridgehead atoms. The summed E-state index contributed by atoms with van der Waals surface area (Å²) in [6.07, 6.45) is 7.64. The van der Waals surface area contributed by atoms with E-state index in [-0.39, 0.29) is 0 Å². The molecule has 1 aliphatic rings. The van der Waals surface area contributed by atoms with E-state index in [1.807, 2.05) is 30.5 Å². The summed E-state index contributed by atoms with van der Waals surface area (Å²) in [6.45, 7) is 0.672. The summed E-state index contributed by atoms with van der Waals surface area (Å²) in [4.78, 5) is 17.1. The molecule has 124 valence electrons. The number of rotatable bonds is 5. The summed E-state index contributed by atoms with van der Waals surface area (Å²) in [6, 6.07) is 10.0. The molecule has 3 aromatic rings. The monoisotopic (exact) mass is 331 g/mol. The first-order chi connectivity index (χ1) is 12.3. The van der Waals surface area contributed by atoms with Crippen LogP contribution in [0.5, 0.6) is 5.75 Å². The molecule has 0 amide bonds. The molecule has 0 fully saturated rings. The number of aromatic nitrogens is 3. The van der Waals surface area contributed by atoms with Gasteiger partial charge in [-0.1, -0.05) is 6.07 Å². The van der Waals surface area contributed by atoms with Gasteiger partial charge in [0.1, 0.15) is 17.8 Å². The van der Waals surface area contributed by atoms with Crippen molar-refractivity contribution in [1.29, 1.82) is 0 Å². The molecule has 1 N–H and O–H groups in total. The van der Waals surface area contributed by atoms with Gasteiger partial charge in [-0.2, -0.15) is 0 Å². The molecule has 0 spiro atoms. The van der Waals surface area contributed by atoms with Crippen molar-refractivity contribution in [2.45, 2.75) is 13.0 Å². The molecule has 2 aromatic heterocycles. The molecule has 0 unspecified atom stereocenters. The maximum Gasteiger partial charge on any atom is 0.142 e. The van der Waals surface area contributed by atoms with E-state index in [2.05, 4.69) is 31.3 Å². The molecule has 0 saturated heterocycles. The second-order valence-electron chi connectivity index (χ2n) is 5.72. The lowest BCUT2D eigenvalue weighted by Gasteiger charge is -2.13. The molecule has 25 heavy (non-hydrogen) atoms. The van der Waals surface area contributed by atoms with Crippen molar-refractivity contribution >= 4 is 17.1 Å². The van der Waals surface area contributed by atoms with E-state index < -0.39 is 0 Å². The highest BCUT2D eigenvalue weighted by molar-refractivity contribution is 6.06. The van der Waals surface area contributed by atoms with E-state index in [9.17, 15) is 0 Å². The Labute approximate surface area is 145 Å². The van der Waals surface area contributed by atoms with Crippen LogP contribution in [0.4, 0.5) is 11.4 Å². The zero-order chi connectivity index (χ0) is 17.1. The maximum atomic E-state index is 5.47. The number of pyridine rings is 1. The number of aliphatic imine (C=N–C) groups is 1. The SMILES string of the molecule is COc1ccc(C2=Nc3cncnc3C2)cc1NCc1cccnc1. The Morgan fingerprint density at radius 1 is 1.16 bits per heavy atom. The zero-order valence-corrected chi connectivity index (χ0v) is 13.8. The molecule has 0 radical (unpaired) electrons. The van der Waals surface area contributed by atoms with Crippen molar-refractivity contribution in [3.8, 4) is 5.75 Å². The van der Waals surface area contributed by atoms with Gasteiger partial charge in [-0.15, -0.1) is 0 Å². The first-order valence-electron chi connectivity index (χ1n) is 8.01. The number of ether oxygens (including phenoxy) is 1. The topological polar surface area (TPSA) is 72.3 Å². The summed E-state index contributed by atoms with van der Waals surface area (Å²) in [7, 11) is 1.67. The number of nitrogens with one attached hydrogen (secondary N) is 1. The highest BCUT2D eigenvalue weighted by atomic mass is 16.5. The van der Waals surface area contributed by atoms with Gasteiger partial charge >= 0.3 is 0 Å². The Morgan fingerprint density at radius 3 is 2.92 bits per heavy atom. The largest absolute Gasteiger partial charge is 0.495 e. The van der Waals surface area contributed by atoms with Crippen molar-refractivity contribution < 1.29 is 4.74 Å². The smallest absolute Gasteiger partial charge is 0.142 e. The normalized spacial score (nSPS) is 12.4. The summed E-state index contributed by atoms with van der Waals surface area (Å²) in [5, 5.41) is 3.42. The lowest BCUT2D eigenvalue weighted by molar-refractivity contribution is 0.416. The second-order valence-corrected chi connectivity index (χ2v) is 5.72. The van der Waals surface area contributed by atoms with Gasteiger partial charge in [0.25, 0.3) is 0 Å². The minimum atomic E-state index is 0.672. The molecule has 1 aromatic carbocycles. The third kappa shape index (κ3) is 3.19. The van der Waals surface area contributed by atoms with E-state index in [4.69, 9.17) is 4.74 Å². The molecule has 6 heteroatoms. The highest BCUT2D eigenvalue weighted by Crippen LogP contribution is 2.30. The number of hydrogen-bond donors (Lipinski definition) is 1. The van der Waals surface area contributed by atoms with Gasteiger partial charge in [0.05, 0.1) is 30.4 Å². The summed E-state index contributed by atoms with van der Waals surface area (Å²) >= 11 is 0. The minimum absolute atomic E-state index is 0.672. The fourth-order valence-corrected chi connectivity index (χ4v) is 2.81. The van der Waals surface area contributed by atoms with Gasteiger partial charge in [0.15, 0.2) is 0 Å². The maximum absolute atomic E-state index is 5.47. The molecular formula is C19H17N5O. The van der Waals surface area contributed by atoms with Crippen LogP contribution in [-0.2, 0) is 13.0 Å². The van der Waals surface area contributed by atoms with Gasteiger partial charge in [-0.05, 0) is 35.4 Å². The van der Waals surface area contributed by atoms with Crippen molar-refractivity contribution in [3.05, 3.63) is 72.1 Å². The van der Waals surface area contributed by atoms with E-state index in [1.165, 1.54) is 0 Å². The van der Waals surface area contributed by atoms with Crippen LogP contribution < -0.4 is 10.1 Å². The van der Waals surface area contributed by atoms with Gasteiger partial charge in [0.2, 0.25) is 0 Å². The molecule has 0 saturated carbocycles. The Bertz CT molecular complexity index is 924. The van der Waals surface area contributed by atoms with Crippen LogP contribution in [0.15, 0.2) is 60.2 Å². The molecule has 3 heterocycles. The van der Waals surface area contributed by atoms with Gasteiger partial charge < -0.3 is 10.1 Å². The number of nitrogens with zero attached hydrogens (tertiary/aromatic N) is 4. The molecule has 1 aliphatic heterocycles. The molecule has 4 rings (SSSR count). The Morgan fingerprint density at radius 2 is 2.12 bits per heavy atom. The van der Waals surface area contributed by atoms with Crippen LogP contribution in [0.2, 0.25) is 0 Å². The number of methoxy groups -OCH3 is 1. The zero-order valence-electron chi connectivity index (χ0n) is 13.8. The third-order valence-corrected chi connectivity index (χ3v) is 4.10. The van der Waals surface area contributed by atoms with Crippen molar-refractivity contribution in [3.63, 3.8) is 0 Å². The lowest BCUT2D eigenvalue weighted by Crippen LogP contribution is -2.05. The average Bonchev–Trinajstić information content (AvgIpc) is 3.11. The first-order valence-corrected chi connectivity index (χ1v) is 8.01. The van der Waals surface area contributed by atoms with Gasteiger partial charge in [0, 0.05) is 25.4 Å². The molecule has 0 atom stereocenters. The number of benzene rings is 1. The Hall–Kier alpha value is -3.28. The van der Waals surface area contributed by atoms with Gasteiger partial charge in [-0.3, -0.25) is 4.98 Å². The summed E-state index contributed by atoms with van der Waals surface area (Å²) < 4.78 is 5.47. The average molecular weight is 331 g/mol. The fraction of sp³-hybridized carbons (Fsp3) is 0.158. The molecular weight excluding hydrogens is 314 g/mol. The highest BCUT2D eigenvalue weighted by Gasteiger charge is 2.18. The predicted molar refractivity (Wildman–Crippen MR) is 96.5 cm³/mol. The number of anilines is 1. The lowest BCUT2D eigenvalue weighted by atomic mass is 10.1. The van der Waals surface area contributed by atoms with E-state index in [0.29, 0.717) is 13.0 Å². The van der Waals surface area contributed by atoms with Crippen LogP contribution >= 0.6 is 0 Å². The first kappa shape index (κ1) is 15.3. The Balaban J connectivity index is 1.59. The number of hydrogen-bond acceptors (Lipinski definition) is 6. The van der Waals surface area contributed by atoms with Gasteiger partial charge in [-0.25, -0.2) is 15.0 Å². The predicted octanol–water partition coefficient (Wildman–Crippen LogP) is 3.17. The quantitative estimate of drug-likeness (QED) is 0.777.